The lowest BCUT2D eigenvalue weighted by Crippen LogP contribution is -2.44. The van der Waals surface area contributed by atoms with Crippen LogP contribution in [-0.4, -0.2) is 74.2 Å². The molecular formula is C29H31N9O. The number of hydrogen-bond acceptors (Lipinski definition) is 7. The zero-order valence-electron chi connectivity index (χ0n) is 21.9. The highest BCUT2D eigenvalue weighted by molar-refractivity contribution is 5.99. The number of aromatic amines is 2. The van der Waals surface area contributed by atoms with E-state index in [4.69, 9.17) is 4.98 Å². The Morgan fingerprint density at radius 2 is 1.79 bits per heavy atom. The average Bonchev–Trinajstić information content (AvgIpc) is 3.73. The molecule has 10 nitrogen and oxygen atoms in total. The Morgan fingerprint density at radius 3 is 2.64 bits per heavy atom. The second-order valence-corrected chi connectivity index (χ2v) is 10.7. The van der Waals surface area contributed by atoms with Gasteiger partial charge in [0.2, 0.25) is 5.91 Å². The normalized spacial score (nSPS) is 16.9. The average molecular weight is 522 g/mol. The van der Waals surface area contributed by atoms with Gasteiger partial charge in [0, 0.05) is 72.6 Å². The van der Waals surface area contributed by atoms with E-state index in [0.29, 0.717) is 11.3 Å². The number of piperazine rings is 1. The van der Waals surface area contributed by atoms with Crippen LogP contribution in [-0.2, 0) is 4.79 Å². The van der Waals surface area contributed by atoms with Gasteiger partial charge in [-0.15, -0.1) is 0 Å². The molecule has 1 saturated heterocycles. The summed E-state index contributed by atoms with van der Waals surface area (Å²) < 4.78 is 0. The lowest BCUT2D eigenvalue weighted by molar-refractivity contribution is -0.119. The molecule has 5 aromatic rings. The van der Waals surface area contributed by atoms with E-state index in [1.807, 2.05) is 18.3 Å². The van der Waals surface area contributed by atoms with Crippen molar-refractivity contribution in [3.63, 3.8) is 0 Å². The van der Waals surface area contributed by atoms with Crippen LogP contribution in [0.3, 0.4) is 0 Å². The molecule has 0 unspecified atom stereocenters. The summed E-state index contributed by atoms with van der Waals surface area (Å²) in [4.78, 5) is 34.6. The fraction of sp³-hybridized carbons (Fsp3) is 0.345. The molecule has 0 aromatic carbocycles. The topological polar surface area (TPSA) is 119 Å². The van der Waals surface area contributed by atoms with Crippen LogP contribution in [0.15, 0.2) is 49.1 Å². The second kappa shape index (κ2) is 9.77. The first-order chi connectivity index (χ1) is 19.1. The van der Waals surface area contributed by atoms with Gasteiger partial charge in [0.05, 0.1) is 28.8 Å². The molecule has 0 radical (unpaired) electrons. The maximum absolute atomic E-state index is 12.6. The molecule has 0 spiro atoms. The standard InChI is InChI=1S/C29H31N9O/c1-37-8-10-38(11-9-37)28-22-14-25(34-24(22)6-7-31-28)26-23-13-20(16-32-27(23)36-35-26)19-12-21(17-30-15-19)33-29(39)18-4-2-3-5-18/h6-7,12-18,34H,2-5,8-11H2,1H3,(H,33,39)(H,32,35,36). The zero-order valence-corrected chi connectivity index (χ0v) is 21.9. The molecule has 10 heteroatoms. The predicted octanol–water partition coefficient (Wildman–Crippen LogP) is 4.44. The molecule has 5 aromatic heterocycles. The molecule has 6 heterocycles. The van der Waals surface area contributed by atoms with E-state index in [1.54, 1.807) is 18.6 Å². The Kier molecular flexibility index (Phi) is 5.96. The summed E-state index contributed by atoms with van der Waals surface area (Å²) in [5.74, 6) is 1.19. The molecule has 0 bridgehead atoms. The first-order valence-electron chi connectivity index (χ1n) is 13.6. The molecule has 2 fully saturated rings. The number of nitrogens with zero attached hydrogens (tertiary/aromatic N) is 6. The van der Waals surface area contributed by atoms with E-state index in [2.05, 4.69) is 59.4 Å². The van der Waals surface area contributed by atoms with Crippen molar-refractivity contribution in [2.45, 2.75) is 25.7 Å². The number of nitrogens with one attached hydrogen (secondary N) is 3. The Balaban J connectivity index is 1.21. The van der Waals surface area contributed by atoms with Crippen LogP contribution in [0, 0.1) is 5.92 Å². The van der Waals surface area contributed by atoms with Crippen LogP contribution in [0.25, 0.3) is 44.5 Å². The number of likely N-dealkylation sites (N-methyl/N-ethyl adjacent to an activating group) is 1. The van der Waals surface area contributed by atoms with Crippen LogP contribution < -0.4 is 10.2 Å². The third kappa shape index (κ3) is 4.50. The molecule has 2 aliphatic rings. The summed E-state index contributed by atoms with van der Waals surface area (Å²) >= 11 is 0. The monoisotopic (exact) mass is 521 g/mol. The van der Waals surface area contributed by atoms with Gasteiger partial charge in [0.1, 0.15) is 5.82 Å². The molecule has 3 N–H and O–H groups in total. The van der Waals surface area contributed by atoms with Crippen molar-refractivity contribution >= 4 is 39.3 Å². The highest BCUT2D eigenvalue weighted by atomic mass is 16.1. The van der Waals surface area contributed by atoms with Crippen LogP contribution in [0.1, 0.15) is 25.7 Å². The van der Waals surface area contributed by atoms with Crippen LogP contribution in [0.5, 0.6) is 0 Å². The van der Waals surface area contributed by atoms with Crippen LogP contribution in [0.2, 0.25) is 0 Å². The lowest BCUT2D eigenvalue weighted by atomic mass is 10.1. The maximum Gasteiger partial charge on any atom is 0.227 e. The van der Waals surface area contributed by atoms with Crippen molar-refractivity contribution in [1.29, 1.82) is 0 Å². The van der Waals surface area contributed by atoms with Gasteiger partial charge >= 0.3 is 0 Å². The van der Waals surface area contributed by atoms with Gasteiger partial charge in [0.15, 0.2) is 5.65 Å². The van der Waals surface area contributed by atoms with Gasteiger partial charge in [-0.1, -0.05) is 12.8 Å². The highest BCUT2D eigenvalue weighted by Crippen LogP contribution is 2.34. The van der Waals surface area contributed by atoms with Crippen molar-refractivity contribution < 1.29 is 4.79 Å². The van der Waals surface area contributed by atoms with Crippen molar-refractivity contribution in [1.82, 2.24) is 35.0 Å². The minimum Gasteiger partial charge on any atom is -0.353 e. The van der Waals surface area contributed by atoms with Crippen molar-refractivity contribution in [2.75, 3.05) is 43.4 Å². The quantitative estimate of drug-likeness (QED) is 0.313. The summed E-state index contributed by atoms with van der Waals surface area (Å²) in [5.41, 5.74) is 5.99. The Bertz CT molecular complexity index is 1660. The van der Waals surface area contributed by atoms with Gasteiger partial charge in [-0.25, -0.2) is 9.97 Å². The number of aromatic nitrogens is 6. The number of anilines is 2. The number of fused-ring (bicyclic) bond motifs is 2. The Hall–Kier alpha value is -4.31. The highest BCUT2D eigenvalue weighted by Gasteiger charge is 2.23. The number of carbonyl (C=O) groups is 1. The number of pyridine rings is 3. The minimum atomic E-state index is 0.0846. The first-order valence-corrected chi connectivity index (χ1v) is 13.6. The van der Waals surface area contributed by atoms with E-state index in [1.165, 1.54) is 0 Å². The van der Waals surface area contributed by atoms with Gasteiger partial charge in [0.25, 0.3) is 0 Å². The summed E-state index contributed by atoms with van der Waals surface area (Å²) in [6, 6.07) is 8.19. The number of amides is 1. The lowest BCUT2D eigenvalue weighted by Gasteiger charge is -2.33. The van der Waals surface area contributed by atoms with Crippen LogP contribution >= 0.6 is 0 Å². The third-order valence-electron chi connectivity index (χ3n) is 8.07. The fourth-order valence-electron chi connectivity index (χ4n) is 5.81. The van der Waals surface area contributed by atoms with E-state index >= 15 is 0 Å². The molecular weight excluding hydrogens is 490 g/mol. The van der Waals surface area contributed by atoms with Crippen molar-refractivity contribution in [3.8, 4) is 22.5 Å². The maximum atomic E-state index is 12.6. The SMILES string of the molecule is CN1CCN(c2nccc3[nH]c(-c4[nH]nc5ncc(-c6cncc(NC(=O)C7CCCC7)c6)cc45)cc23)CC1. The largest absolute Gasteiger partial charge is 0.353 e. The molecule has 0 atom stereocenters. The number of carbonyl (C=O) groups excluding carboxylic acids is 1. The van der Waals surface area contributed by atoms with E-state index < -0.39 is 0 Å². The molecule has 1 amide bonds. The summed E-state index contributed by atoms with van der Waals surface area (Å²) in [7, 11) is 2.16. The molecule has 1 saturated carbocycles. The van der Waals surface area contributed by atoms with Gasteiger partial charge in [-0.3, -0.25) is 14.9 Å². The summed E-state index contributed by atoms with van der Waals surface area (Å²) in [6.45, 7) is 3.96. The minimum absolute atomic E-state index is 0.0846. The number of rotatable bonds is 5. The summed E-state index contributed by atoms with van der Waals surface area (Å²) in [5, 5.41) is 12.7. The van der Waals surface area contributed by atoms with E-state index in [-0.39, 0.29) is 11.8 Å². The Labute approximate surface area is 225 Å². The smallest absolute Gasteiger partial charge is 0.227 e. The predicted molar refractivity (Wildman–Crippen MR) is 153 cm³/mol. The van der Waals surface area contributed by atoms with E-state index in [0.717, 1.165) is 96.5 Å². The van der Waals surface area contributed by atoms with Crippen molar-refractivity contribution in [3.05, 3.63) is 49.1 Å². The number of H-pyrrole nitrogens is 2. The van der Waals surface area contributed by atoms with Gasteiger partial charge in [-0.2, -0.15) is 5.10 Å². The number of hydrogen-bond donors (Lipinski definition) is 3. The molecule has 7 rings (SSSR count). The summed E-state index contributed by atoms with van der Waals surface area (Å²) in [6.07, 6.45) is 11.3. The second-order valence-electron chi connectivity index (χ2n) is 10.7. The fourth-order valence-corrected chi connectivity index (χ4v) is 5.81. The molecule has 198 valence electrons. The van der Waals surface area contributed by atoms with Crippen molar-refractivity contribution in [2.24, 2.45) is 5.92 Å². The molecule has 1 aliphatic carbocycles. The van der Waals surface area contributed by atoms with Crippen LogP contribution in [0.4, 0.5) is 11.5 Å². The van der Waals surface area contributed by atoms with Gasteiger partial charge < -0.3 is 20.1 Å². The third-order valence-corrected chi connectivity index (χ3v) is 8.07. The van der Waals surface area contributed by atoms with Gasteiger partial charge in [-0.05, 0) is 44.2 Å². The first kappa shape index (κ1) is 23.8. The van der Waals surface area contributed by atoms with E-state index in [9.17, 15) is 4.79 Å². The molecule has 39 heavy (non-hydrogen) atoms. The zero-order chi connectivity index (χ0) is 26.3. The Morgan fingerprint density at radius 1 is 0.974 bits per heavy atom. The molecule has 1 aliphatic heterocycles.